The van der Waals surface area contributed by atoms with Crippen molar-refractivity contribution < 1.29 is 0 Å². The van der Waals surface area contributed by atoms with Crippen molar-refractivity contribution in [2.24, 2.45) is 0 Å². The number of benzene rings is 11. The molecule has 0 N–H and O–H groups in total. The Morgan fingerprint density at radius 3 is 1.62 bits per heavy atom. The van der Waals surface area contributed by atoms with E-state index in [9.17, 15) is 0 Å². The molecule has 0 unspecified atom stereocenters. The van der Waals surface area contributed by atoms with E-state index < -0.39 is 0 Å². The van der Waals surface area contributed by atoms with Crippen molar-refractivity contribution in [3.63, 3.8) is 0 Å². The zero-order valence-electron chi connectivity index (χ0n) is 44.8. The summed E-state index contributed by atoms with van der Waals surface area (Å²) in [6.45, 7) is 15.8. The molecular weight excluding hydrogens is 943 g/mol. The highest BCUT2D eigenvalue weighted by Crippen LogP contribution is 2.57. The summed E-state index contributed by atoms with van der Waals surface area (Å²) in [6, 6.07) is 87.8. The number of para-hydroxylation sites is 3. The maximum atomic E-state index is 4.27. The average Bonchev–Trinajstić information content (AvgIpc) is 3.98. The van der Waals surface area contributed by atoms with Crippen molar-refractivity contribution >= 4 is 78.3 Å². The highest BCUT2D eigenvalue weighted by Gasteiger charge is 2.38. The third kappa shape index (κ3) is 7.11. The lowest BCUT2D eigenvalue weighted by Gasteiger charge is -2.35. The maximum absolute atomic E-state index is 4.27. The molecule has 11 aromatic rings. The van der Waals surface area contributed by atoms with Crippen LogP contribution < -0.4 is 14.7 Å². The first-order valence-electron chi connectivity index (χ1n) is 27.3. The molecule has 2 aliphatic carbocycles. The molecule has 11 aromatic carbocycles. The minimum atomic E-state index is -0.201. The van der Waals surface area contributed by atoms with Gasteiger partial charge in [0.1, 0.15) is 0 Å². The van der Waals surface area contributed by atoms with Crippen LogP contribution in [0.3, 0.4) is 0 Å². The third-order valence-corrected chi connectivity index (χ3v) is 17.1. The SMILES string of the molecule is C=CC1=C(/C=C\C)C(C)(C)c2cc(N(c3ccccc3)c3ccc4c5c(cccc35)N(c3ccccc3)c3cc(-c5ccc(N(c6ccccc6)c6ccc7c(c6)C(C)(C)c6ccccc6-7)c6ccccc56)ccc3-4)ccc21. The smallest absolute Gasteiger partial charge is 0.0547 e. The third-order valence-electron chi connectivity index (χ3n) is 17.1. The van der Waals surface area contributed by atoms with Crippen molar-refractivity contribution in [2.45, 2.75) is 45.4 Å². The number of rotatable bonds is 10. The summed E-state index contributed by atoms with van der Waals surface area (Å²) in [5.74, 6) is 0. The predicted molar refractivity (Wildman–Crippen MR) is 332 cm³/mol. The Balaban J connectivity index is 0.919. The highest BCUT2D eigenvalue weighted by molar-refractivity contribution is 6.18. The first kappa shape index (κ1) is 47.0. The van der Waals surface area contributed by atoms with Crippen LogP contribution in [0.1, 0.15) is 56.9 Å². The molecule has 0 fully saturated rings. The Bertz CT molecular complexity index is 4290. The zero-order chi connectivity index (χ0) is 52.9. The monoisotopic (exact) mass is 1000 g/mol. The highest BCUT2D eigenvalue weighted by atomic mass is 15.2. The number of hydrogen-bond acceptors (Lipinski definition) is 3. The van der Waals surface area contributed by atoms with Gasteiger partial charge in [-0.25, -0.2) is 0 Å². The largest absolute Gasteiger partial charge is 0.310 e. The normalized spacial score (nSPS) is 14.3. The van der Waals surface area contributed by atoms with Gasteiger partial charge in [0.2, 0.25) is 0 Å². The van der Waals surface area contributed by atoms with E-state index in [4.69, 9.17) is 0 Å². The van der Waals surface area contributed by atoms with E-state index in [0.717, 1.165) is 56.7 Å². The molecule has 0 amide bonds. The Morgan fingerprint density at radius 1 is 0.397 bits per heavy atom. The molecule has 0 spiro atoms. The van der Waals surface area contributed by atoms with Crippen LogP contribution in [0.15, 0.2) is 267 Å². The predicted octanol–water partition coefficient (Wildman–Crippen LogP) is 21.2. The van der Waals surface area contributed by atoms with Gasteiger partial charge in [0.05, 0.1) is 22.7 Å². The summed E-state index contributed by atoms with van der Waals surface area (Å²) < 4.78 is 0. The molecular formula is C75H59N3. The quantitative estimate of drug-likeness (QED) is 0.135. The second kappa shape index (κ2) is 18.1. The van der Waals surface area contributed by atoms with Gasteiger partial charge < -0.3 is 14.7 Å². The van der Waals surface area contributed by atoms with E-state index in [0.29, 0.717) is 0 Å². The van der Waals surface area contributed by atoms with Crippen molar-refractivity contribution in [1.82, 2.24) is 0 Å². The summed E-state index contributed by atoms with van der Waals surface area (Å²) in [5, 5.41) is 4.80. The summed E-state index contributed by atoms with van der Waals surface area (Å²) in [6.07, 6.45) is 6.42. The van der Waals surface area contributed by atoms with Crippen molar-refractivity contribution in [2.75, 3.05) is 14.7 Å². The second-order valence-corrected chi connectivity index (χ2v) is 22.0. The molecule has 1 heterocycles. The molecule has 0 atom stereocenters. The Morgan fingerprint density at radius 2 is 0.936 bits per heavy atom. The fraction of sp³-hybridized carbons (Fsp3) is 0.0933. The van der Waals surface area contributed by atoms with E-state index in [1.54, 1.807) is 0 Å². The number of fused-ring (bicyclic) bond motifs is 7. The van der Waals surface area contributed by atoms with Crippen molar-refractivity contribution in [1.29, 1.82) is 0 Å². The molecule has 0 saturated heterocycles. The minimum Gasteiger partial charge on any atom is -0.310 e. The Labute approximate surface area is 458 Å². The lowest BCUT2D eigenvalue weighted by Crippen LogP contribution is -2.18. The summed E-state index contributed by atoms with van der Waals surface area (Å²) in [7, 11) is 0. The van der Waals surface area contributed by atoms with Gasteiger partial charge in [-0.1, -0.05) is 204 Å². The molecule has 14 rings (SSSR count). The molecule has 374 valence electrons. The first-order valence-corrected chi connectivity index (χ1v) is 27.3. The zero-order valence-corrected chi connectivity index (χ0v) is 44.8. The lowest BCUT2D eigenvalue weighted by molar-refractivity contribution is 0.654. The molecule has 0 aromatic heterocycles. The topological polar surface area (TPSA) is 9.72 Å². The average molecular weight is 1000 g/mol. The molecule has 0 radical (unpaired) electrons. The van der Waals surface area contributed by atoms with E-state index >= 15 is 0 Å². The number of nitrogens with zero attached hydrogens (tertiary/aromatic N) is 3. The van der Waals surface area contributed by atoms with Gasteiger partial charge in [-0.3, -0.25) is 0 Å². The number of allylic oxidation sites excluding steroid dienone is 5. The van der Waals surface area contributed by atoms with Gasteiger partial charge in [0, 0.05) is 61.0 Å². The van der Waals surface area contributed by atoms with Gasteiger partial charge in [0.15, 0.2) is 0 Å². The number of anilines is 9. The first-order chi connectivity index (χ1) is 38.1. The van der Waals surface area contributed by atoms with Gasteiger partial charge in [-0.15, -0.1) is 0 Å². The summed E-state index contributed by atoms with van der Waals surface area (Å²) in [4.78, 5) is 7.38. The summed E-state index contributed by atoms with van der Waals surface area (Å²) >= 11 is 0. The standard InChI is InChI=1S/C75H59N3/c1-7-23-65-55(8-2)59-40-37-54(47-67(59)74(65,3)4)77(51-26-14-10-15-27-51)70-45-43-63-62-39-36-49(46-72(62)78(52-28-16-11-17-29-52)71-35-22-33-64(70)73(63)71)56-42-44-69(61-32-19-18-30-57(56)61)76(50-24-12-9-13-25-50)53-38-41-60-58-31-20-21-34-66(58)75(5,6)68(60)48-53/h7-48H,2H2,1,3-6H3/b23-7-. The molecule has 3 aliphatic rings. The number of hydrogen-bond donors (Lipinski definition) is 0. The molecule has 0 bridgehead atoms. The lowest BCUT2D eigenvalue weighted by atomic mass is 9.80. The van der Waals surface area contributed by atoms with Crippen molar-refractivity contribution in [3.05, 3.63) is 289 Å². The van der Waals surface area contributed by atoms with Crippen LogP contribution >= 0.6 is 0 Å². The fourth-order valence-corrected chi connectivity index (χ4v) is 13.4. The minimum absolute atomic E-state index is 0.126. The Hall–Kier alpha value is -9.44. The van der Waals surface area contributed by atoms with Crippen LogP contribution in [-0.4, -0.2) is 0 Å². The van der Waals surface area contributed by atoms with Crippen LogP contribution in [-0.2, 0) is 10.8 Å². The maximum Gasteiger partial charge on any atom is 0.0547 e. The molecule has 78 heavy (non-hydrogen) atoms. The van der Waals surface area contributed by atoms with Gasteiger partial charge in [0.25, 0.3) is 0 Å². The fourth-order valence-electron chi connectivity index (χ4n) is 13.4. The summed E-state index contributed by atoms with van der Waals surface area (Å²) in [5.41, 5.74) is 25.0. The van der Waals surface area contributed by atoms with Gasteiger partial charge >= 0.3 is 0 Å². The van der Waals surface area contributed by atoms with E-state index in [1.807, 2.05) is 6.08 Å². The van der Waals surface area contributed by atoms with E-state index in [-0.39, 0.29) is 10.8 Å². The van der Waals surface area contributed by atoms with Crippen LogP contribution in [0.2, 0.25) is 0 Å². The van der Waals surface area contributed by atoms with Crippen LogP contribution in [0.4, 0.5) is 51.2 Å². The van der Waals surface area contributed by atoms with Crippen LogP contribution in [0.5, 0.6) is 0 Å². The van der Waals surface area contributed by atoms with E-state index in [2.05, 4.69) is 305 Å². The molecule has 3 heteroatoms. The molecule has 0 saturated carbocycles. The van der Waals surface area contributed by atoms with E-state index in [1.165, 1.54) is 82.8 Å². The van der Waals surface area contributed by atoms with Crippen LogP contribution in [0.25, 0.3) is 60.5 Å². The van der Waals surface area contributed by atoms with Crippen LogP contribution in [0, 0.1) is 0 Å². The molecule has 3 nitrogen and oxygen atoms in total. The Kier molecular flexibility index (Phi) is 10.9. The van der Waals surface area contributed by atoms with Gasteiger partial charge in [-0.05, 0) is 158 Å². The second-order valence-electron chi connectivity index (χ2n) is 22.0. The molecule has 1 aliphatic heterocycles. The van der Waals surface area contributed by atoms with Gasteiger partial charge in [-0.2, -0.15) is 0 Å². The van der Waals surface area contributed by atoms with Crippen molar-refractivity contribution in [3.8, 4) is 33.4 Å².